The summed E-state index contributed by atoms with van der Waals surface area (Å²) in [6.45, 7) is 1.90. The third-order valence-corrected chi connectivity index (χ3v) is 3.18. The van der Waals surface area contributed by atoms with Gasteiger partial charge in [-0.1, -0.05) is 0 Å². The Kier molecular flexibility index (Phi) is 4.13. The van der Waals surface area contributed by atoms with Crippen LogP contribution < -0.4 is 16.6 Å². The maximum absolute atomic E-state index is 11.0. The number of pyridine rings is 1. The zero-order chi connectivity index (χ0) is 13.8. The van der Waals surface area contributed by atoms with Gasteiger partial charge in [-0.05, 0) is 32.5 Å². The topological polar surface area (TPSA) is 109 Å². The largest absolute Gasteiger partial charge is 0.360 e. The van der Waals surface area contributed by atoms with Crippen LogP contribution >= 0.6 is 0 Å². The molecule has 1 atom stereocenters. The number of nitrogens with one attached hydrogen (secondary N) is 2. The van der Waals surface area contributed by atoms with Crippen molar-refractivity contribution in [1.82, 2.24) is 9.88 Å². The molecule has 2 heterocycles. The monoisotopic (exact) mass is 266 g/mol. The molecule has 0 saturated carbocycles. The van der Waals surface area contributed by atoms with Gasteiger partial charge in [0, 0.05) is 18.7 Å². The first-order valence-electron chi connectivity index (χ1n) is 6.17. The zero-order valence-electron chi connectivity index (χ0n) is 10.8. The molecule has 0 aromatic carbocycles. The van der Waals surface area contributed by atoms with Crippen LogP contribution in [-0.4, -0.2) is 41.0 Å². The summed E-state index contributed by atoms with van der Waals surface area (Å²) in [5.41, 5.74) is 2.36. The summed E-state index contributed by atoms with van der Waals surface area (Å²) < 4.78 is 0. The lowest BCUT2D eigenvalue weighted by Crippen LogP contribution is -2.40. The quantitative estimate of drug-likeness (QED) is 0.419. The molecule has 1 aromatic heterocycles. The number of nitro groups is 1. The van der Waals surface area contributed by atoms with Crippen molar-refractivity contribution in [3.63, 3.8) is 0 Å². The molecule has 0 spiro atoms. The van der Waals surface area contributed by atoms with Gasteiger partial charge in [0.25, 0.3) is 0 Å². The Balaban J connectivity index is 2.19. The third kappa shape index (κ3) is 3.30. The average molecular weight is 266 g/mol. The molecule has 1 aliphatic rings. The minimum Gasteiger partial charge on any atom is -0.360 e. The second-order valence-corrected chi connectivity index (χ2v) is 4.71. The Morgan fingerprint density at radius 1 is 1.58 bits per heavy atom. The number of likely N-dealkylation sites (tertiary alicyclic amines) is 1. The van der Waals surface area contributed by atoms with Crippen molar-refractivity contribution in [3.8, 4) is 0 Å². The van der Waals surface area contributed by atoms with Crippen LogP contribution in [0.1, 0.15) is 12.8 Å². The Hall–Kier alpha value is -1.93. The number of hydrazine groups is 1. The molecule has 1 aromatic rings. The highest BCUT2D eigenvalue weighted by atomic mass is 16.6. The fraction of sp³-hybridized carbons (Fsp3) is 0.545. The first-order valence-corrected chi connectivity index (χ1v) is 6.17. The maximum atomic E-state index is 11.0. The van der Waals surface area contributed by atoms with Crippen molar-refractivity contribution < 1.29 is 4.92 Å². The molecule has 0 bridgehead atoms. The predicted octanol–water partition coefficient (Wildman–Crippen LogP) is 0.781. The van der Waals surface area contributed by atoms with E-state index >= 15 is 0 Å². The minimum atomic E-state index is -0.442. The van der Waals surface area contributed by atoms with Crippen molar-refractivity contribution in [1.29, 1.82) is 0 Å². The van der Waals surface area contributed by atoms with E-state index in [-0.39, 0.29) is 17.5 Å². The molecule has 0 radical (unpaired) electrons. The smallest absolute Gasteiger partial charge is 0.311 e. The molecule has 0 amide bonds. The number of hydrogen-bond acceptors (Lipinski definition) is 7. The molecule has 104 valence electrons. The van der Waals surface area contributed by atoms with Gasteiger partial charge in [-0.25, -0.2) is 10.8 Å². The molecule has 8 nitrogen and oxygen atoms in total. The summed E-state index contributed by atoms with van der Waals surface area (Å²) in [7, 11) is 2.04. The van der Waals surface area contributed by atoms with Crippen LogP contribution in [0.25, 0.3) is 0 Å². The summed E-state index contributed by atoms with van der Waals surface area (Å²) in [6.07, 6.45) is 2.04. The number of anilines is 2. The summed E-state index contributed by atoms with van der Waals surface area (Å²) in [4.78, 5) is 16.9. The lowest BCUT2D eigenvalue weighted by Gasteiger charge is -2.30. The van der Waals surface area contributed by atoms with E-state index in [4.69, 9.17) is 5.84 Å². The molecule has 4 N–H and O–H groups in total. The zero-order valence-corrected chi connectivity index (χ0v) is 10.8. The highest BCUT2D eigenvalue weighted by Crippen LogP contribution is 2.25. The van der Waals surface area contributed by atoms with Gasteiger partial charge < -0.3 is 15.6 Å². The highest BCUT2D eigenvalue weighted by Gasteiger charge is 2.22. The lowest BCUT2D eigenvalue weighted by molar-refractivity contribution is -0.384. The Labute approximate surface area is 111 Å². The van der Waals surface area contributed by atoms with E-state index in [9.17, 15) is 10.1 Å². The number of hydrogen-bond donors (Lipinski definition) is 3. The fourth-order valence-electron chi connectivity index (χ4n) is 2.26. The first kappa shape index (κ1) is 13.5. The van der Waals surface area contributed by atoms with Gasteiger partial charge >= 0.3 is 5.69 Å². The van der Waals surface area contributed by atoms with E-state index < -0.39 is 4.92 Å². The van der Waals surface area contributed by atoms with Gasteiger partial charge in [0.05, 0.1) is 4.92 Å². The predicted molar refractivity (Wildman–Crippen MR) is 72.8 cm³/mol. The summed E-state index contributed by atoms with van der Waals surface area (Å²) in [6, 6.07) is 3.05. The van der Waals surface area contributed by atoms with Crippen LogP contribution in [0.5, 0.6) is 0 Å². The minimum absolute atomic E-state index is 0.0350. The van der Waals surface area contributed by atoms with Gasteiger partial charge in [-0.2, -0.15) is 0 Å². The van der Waals surface area contributed by atoms with E-state index in [0.29, 0.717) is 5.82 Å². The van der Waals surface area contributed by atoms with Crippen LogP contribution in [0.15, 0.2) is 12.1 Å². The standard InChI is InChI=1S/C11H18N6O2/c1-16-6-2-3-8(7-16)13-11-9(17(18)19)4-5-10(14-11)15-12/h4-5,8H,2-3,6-7,12H2,1H3,(H2,13,14,15). The van der Waals surface area contributed by atoms with Crippen molar-refractivity contribution in [2.45, 2.75) is 18.9 Å². The number of nitrogens with zero attached hydrogens (tertiary/aromatic N) is 3. The Morgan fingerprint density at radius 2 is 2.37 bits per heavy atom. The molecule has 1 fully saturated rings. The van der Waals surface area contributed by atoms with Gasteiger partial charge in [0.2, 0.25) is 5.82 Å². The van der Waals surface area contributed by atoms with Crippen molar-refractivity contribution in [3.05, 3.63) is 22.2 Å². The van der Waals surface area contributed by atoms with Gasteiger partial charge in [-0.3, -0.25) is 10.1 Å². The van der Waals surface area contributed by atoms with Crippen LogP contribution in [-0.2, 0) is 0 Å². The van der Waals surface area contributed by atoms with Gasteiger partial charge in [0.1, 0.15) is 5.82 Å². The van der Waals surface area contributed by atoms with Crippen molar-refractivity contribution in [2.24, 2.45) is 5.84 Å². The number of piperidine rings is 1. The summed E-state index contributed by atoms with van der Waals surface area (Å²) in [5, 5.41) is 14.1. The highest BCUT2D eigenvalue weighted by molar-refractivity contribution is 5.60. The van der Waals surface area contributed by atoms with Crippen molar-refractivity contribution >= 4 is 17.3 Å². The van der Waals surface area contributed by atoms with Crippen LogP contribution in [0, 0.1) is 10.1 Å². The number of rotatable bonds is 4. The molecule has 1 unspecified atom stereocenters. The van der Waals surface area contributed by atoms with E-state index in [1.807, 2.05) is 7.05 Å². The van der Waals surface area contributed by atoms with Gasteiger partial charge in [-0.15, -0.1) is 0 Å². The van der Waals surface area contributed by atoms with E-state index in [0.717, 1.165) is 25.9 Å². The van der Waals surface area contributed by atoms with E-state index in [1.165, 1.54) is 12.1 Å². The maximum Gasteiger partial charge on any atom is 0.311 e. The normalized spacial score (nSPS) is 20.0. The summed E-state index contributed by atoms with van der Waals surface area (Å²) in [5.74, 6) is 5.95. The Bertz CT molecular complexity index is 466. The summed E-state index contributed by atoms with van der Waals surface area (Å²) >= 11 is 0. The van der Waals surface area contributed by atoms with Crippen LogP contribution in [0.3, 0.4) is 0 Å². The number of likely N-dealkylation sites (N-methyl/N-ethyl adjacent to an activating group) is 1. The molecule has 2 rings (SSSR count). The number of nitrogens with two attached hydrogens (primary N) is 1. The molecule has 19 heavy (non-hydrogen) atoms. The second kappa shape index (κ2) is 5.81. The molecular formula is C11H18N6O2. The van der Waals surface area contributed by atoms with Crippen LogP contribution in [0.4, 0.5) is 17.3 Å². The molecule has 0 aliphatic carbocycles. The van der Waals surface area contributed by atoms with Crippen LogP contribution in [0.2, 0.25) is 0 Å². The Morgan fingerprint density at radius 3 is 3.00 bits per heavy atom. The molecule has 1 saturated heterocycles. The third-order valence-electron chi connectivity index (χ3n) is 3.18. The number of nitrogen functional groups attached to an aromatic ring is 1. The molecule has 8 heteroatoms. The SMILES string of the molecule is CN1CCCC(Nc2nc(NN)ccc2[N+](=O)[O-])C1. The second-order valence-electron chi connectivity index (χ2n) is 4.71. The lowest BCUT2D eigenvalue weighted by atomic mass is 10.1. The van der Waals surface area contributed by atoms with Crippen molar-refractivity contribution in [2.75, 3.05) is 30.9 Å². The average Bonchev–Trinajstić information content (AvgIpc) is 2.38. The molecule has 1 aliphatic heterocycles. The first-order chi connectivity index (χ1) is 9.10. The number of aromatic nitrogens is 1. The fourth-order valence-corrected chi connectivity index (χ4v) is 2.26. The molecular weight excluding hydrogens is 248 g/mol. The van der Waals surface area contributed by atoms with E-state index in [1.54, 1.807) is 0 Å². The van der Waals surface area contributed by atoms with E-state index in [2.05, 4.69) is 20.6 Å². The van der Waals surface area contributed by atoms with Gasteiger partial charge in [0.15, 0.2) is 0 Å².